The van der Waals surface area contributed by atoms with E-state index in [4.69, 9.17) is 8.83 Å². The largest absolute Gasteiger partial charge is 0.455 e. The van der Waals surface area contributed by atoms with Crippen molar-refractivity contribution in [3.63, 3.8) is 0 Å². The minimum absolute atomic E-state index is 0.254. The molecule has 2 nitrogen and oxygen atoms in total. The standard InChI is InChI=1S/C51H32O2/c1-51(2)41-28-29(26-27-38(41)47-48(51)36-20-8-7-19-35(36)46-39-21-10-12-25-43(39)53-50(46)47)44-31-15-3-5-17-33(31)45(34-18-6-4-16-32(34)44)40-23-13-22-37-30-14-9-11-24-42(30)52-49(37)40/h3-28H,1-2H3. The quantitative estimate of drug-likeness (QED) is 0.170. The van der Waals surface area contributed by atoms with Gasteiger partial charge in [0.1, 0.15) is 22.3 Å². The Morgan fingerprint density at radius 3 is 1.60 bits per heavy atom. The van der Waals surface area contributed by atoms with E-state index in [-0.39, 0.29) is 5.41 Å². The van der Waals surface area contributed by atoms with Crippen molar-refractivity contribution in [1.82, 2.24) is 0 Å². The smallest absolute Gasteiger partial charge is 0.144 e. The molecular weight excluding hydrogens is 645 g/mol. The molecular formula is C51H32O2. The number of rotatable bonds is 2. The van der Waals surface area contributed by atoms with Gasteiger partial charge in [-0.2, -0.15) is 0 Å². The predicted molar refractivity (Wildman–Crippen MR) is 222 cm³/mol. The molecule has 2 aromatic heterocycles. The van der Waals surface area contributed by atoms with Gasteiger partial charge in [-0.25, -0.2) is 0 Å². The first-order valence-corrected chi connectivity index (χ1v) is 18.4. The highest BCUT2D eigenvalue weighted by Crippen LogP contribution is 2.57. The summed E-state index contributed by atoms with van der Waals surface area (Å²) in [6.07, 6.45) is 0. The average molecular weight is 677 g/mol. The van der Waals surface area contributed by atoms with Crippen molar-refractivity contribution in [3.05, 3.63) is 169 Å². The molecule has 248 valence electrons. The van der Waals surface area contributed by atoms with Crippen LogP contribution in [-0.2, 0) is 5.41 Å². The van der Waals surface area contributed by atoms with Crippen molar-refractivity contribution in [2.24, 2.45) is 0 Å². The van der Waals surface area contributed by atoms with Gasteiger partial charge in [0.25, 0.3) is 0 Å². The highest BCUT2D eigenvalue weighted by atomic mass is 16.3. The van der Waals surface area contributed by atoms with Gasteiger partial charge in [0, 0.05) is 43.7 Å². The van der Waals surface area contributed by atoms with Crippen LogP contribution in [0.5, 0.6) is 0 Å². The molecule has 0 saturated carbocycles. The van der Waals surface area contributed by atoms with Crippen molar-refractivity contribution in [1.29, 1.82) is 0 Å². The summed E-state index contributed by atoms with van der Waals surface area (Å²) in [6.45, 7) is 4.77. The zero-order valence-electron chi connectivity index (χ0n) is 29.3. The number of benzene rings is 9. The highest BCUT2D eigenvalue weighted by molar-refractivity contribution is 6.26. The van der Waals surface area contributed by atoms with E-state index in [1.54, 1.807) is 0 Å². The summed E-state index contributed by atoms with van der Waals surface area (Å²) in [4.78, 5) is 0. The molecule has 12 rings (SSSR count). The topological polar surface area (TPSA) is 26.3 Å². The molecule has 0 unspecified atom stereocenters. The normalized spacial score (nSPS) is 13.6. The molecule has 0 amide bonds. The predicted octanol–water partition coefficient (Wildman–Crippen LogP) is 14.6. The van der Waals surface area contributed by atoms with Gasteiger partial charge >= 0.3 is 0 Å². The van der Waals surface area contributed by atoms with E-state index < -0.39 is 0 Å². The fourth-order valence-electron chi connectivity index (χ4n) is 9.81. The van der Waals surface area contributed by atoms with Crippen LogP contribution < -0.4 is 0 Å². The van der Waals surface area contributed by atoms with Crippen LogP contribution in [0.3, 0.4) is 0 Å². The second kappa shape index (κ2) is 10.2. The lowest BCUT2D eigenvalue weighted by Crippen LogP contribution is -2.15. The van der Waals surface area contributed by atoms with E-state index in [0.717, 1.165) is 38.7 Å². The lowest BCUT2D eigenvalue weighted by molar-refractivity contribution is 0.658. The maximum atomic E-state index is 6.78. The van der Waals surface area contributed by atoms with Crippen LogP contribution in [0, 0.1) is 0 Å². The average Bonchev–Trinajstić information content (AvgIpc) is 3.85. The molecule has 0 saturated heterocycles. The zero-order chi connectivity index (χ0) is 35.0. The van der Waals surface area contributed by atoms with Crippen LogP contribution >= 0.6 is 0 Å². The lowest BCUT2D eigenvalue weighted by Gasteiger charge is -2.24. The molecule has 1 aliphatic rings. The Hall–Kier alpha value is -6.64. The Balaban J connectivity index is 1.15. The molecule has 0 spiro atoms. The molecule has 0 radical (unpaired) electrons. The molecule has 2 heteroatoms. The Kier molecular flexibility index (Phi) is 5.60. The SMILES string of the molecule is CC1(C)c2cc(-c3c4ccccc4c(-c4cccc5c4oc4ccccc45)c4ccccc34)ccc2-c2c1c1ccccc1c1c2oc2ccccc21. The van der Waals surface area contributed by atoms with Crippen molar-refractivity contribution in [2.45, 2.75) is 19.3 Å². The second-order valence-corrected chi connectivity index (χ2v) is 15.1. The van der Waals surface area contributed by atoms with Gasteiger partial charge in [-0.05, 0) is 78.3 Å². The summed E-state index contributed by atoms with van der Waals surface area (Å²) in [5.74, 6) is 0. The third kappa shape index (κ3) is 3.72. The zero-order valence-corrected chi connectivity index (χ0v) is 29.3. The van der Waals surface area contributed by atoms with Crippen LogP contribution in [-0.4, -0.2) is 0 Å². The lowest BCUT2D eigenvalue weighted by atomic mass is 9.78. The van der Waals surface area contributed by atoms with Crippen LogP contribution in [0.2, 0.25) is 0 Å². The first-order valence-electron chi connectivity index (χ1n) is 18.4. The molecule has 53 heavy (non-hydrogen) atoms. The van der Waals surface area contributed by atoms with E-state index in [1.165, 1.54) is 82.0 Å². The third-order valence-electron chi connectivity index (χ3n) is 12.0. The summed E-state index contributed by atoms with van der Waals surface area (Å²) >= 11 is 0. The Labute approximate surface area is 305 Å². The van der Waals surface area contributed by atoms with E-state index >= 15 is 0 Å². The maximum absolute atomic E-state index is 6.78. The monoisotopic (exact) mass is 676 g/mol. The fraction of sp³-hybridized carbons (Fsp3) is 0.0588. The first kappa shape index (κ1) is 29.0. The Bertz CT molecular complexity index is 3310. The van der Waals surface area contributed by atoms with Crippen LogP contribution in [0.1, 0.15) is 25.0 Å². The second-order valence-electron chi connectivity index (χ2n) is 15.1. The molecule has 2 heterocycles. The number of hydrogen-bond donors (Lipinski definition) is 0. The molecule has 0 fully saturated rings. The van der Waals surface area contributed by atoms with E-state index in [9.17, 15) is 0 Å². The molecule has 0 aliphatic heterocycles. The van der Waals surface area contributed by atoms with Gasteiger partial charge in [0.05, 0.1) is 0 Å². The molecule has 11 aromatic rings. The van der Waals surface area contributed by atoms with E-state index in [0.29, 0.717) is 0 Å². The third-order valence-corrected chi connectivity index (χ3v) is 12.0. The van der Waals surface area contributed by atoms with Gasteiger partial charge in [0.15, 0.2) is 0 Å². The van der Waals surface area contributed by atoms with Gasteiger partial charge in [-0.15, -0.1) is 0 Å². The van der Waals surface area contributed by atoms with Crippen molar-refractivity contribution in [3.8, 4) is 33.4 Å². The molecule has 1 aliphatic carbocycles. The fourth-order valence-corrected chi connectivity index (χ4v) is 9.81. The van der Waals surface area contributed by atoms with Crippen molar-refractivity contribution >= 4 is 76.2 Å². The van der Waals surface area contributed by atoms with Crippen molar-refractivity contribution < 1.29 is 8.83 Å². The minimum Gasteiger partial charge on any atom is -0.455 e. The number of furan rings is 2. The van der Waals surface area contributed by atoms with Crippen molar-refractivity contribution in [2.75, 3.05) is 0 Å². The van der Waals surface area contributed by atoms with Crippen LogP contribution in [0.4, 0.5) is 0 Å². The summed E-state index contributed by atoms with van der Waals surface area (Å²) in [5, 5.41) is 12.1. The summed E-state index contributed by atoms with van der Waals surface area (Å²) in [6, 6.07) is 57.2. The molecule has 9 aromatic carbocycles. The molecule has 0 N–H and O–H groups in total. The Morgan fingerprint density at radius 2 is 0.906 bits per heavy atom. The van der Waals surface area contributed by atoms with Crippen LogP contribution in [0.25, 0.3) is 110 Å². The number of fused-ring (bicyclic) bond motifs is 15. The van der Waals surface area contributed by atoms with E-state index in [1.807, 2.05) is 6.07 Å². The van der Waals surface area contributed by atoms with E-state index in [2.05, 4.69) is 166 Å². The summed E-state index contributed by atoms with van der Waals surface area (Å²) in [7, 11) is 0. The Morgan fingerprint density at radius 1 is 0.377 bits per heavy atom. The minimum atomic E-state index is -0.254. The van der Waals surface area contributed by atoms with Gasteiger partial charge in [-0.1, -0.05) is 153 Å². The van der Waals surface area contributed by atoms with Gasteiger partial charge in [0.2, 0.25) is 0 Å². The highest BCUT2D eigenvalue weighted by Gasteiger charge is 2.40. The maximum Gasteiger partial charge on any atom is 0.144 e. The van der Waals surface area contributed by atoms with Gasteiger partial charge < -0.3 is 8.83 Å². The molecule has 0 bridgehead atoms. The molecule has 0 atom stereocenters. The van der Waals surface area contributed by atoms with Crippen LogP contribution in [0.15, 0.2) is 167 Å². The summed E-state index contributed by atoms with van der Waals surface area (Å²) < 4.78 is 13.4. The summed E-state index contributed by atoms with van der Waals surface area (Å²) in [5.41, 5.74) is 13.4. The first-order chi connectivity index (χ1) is 26.1. The number of hydrogen-bond acceptors (Lipinski definition) is 2. The van der Waals surface area contributed by atoms with Gasteiger partial charge in [-0.3, -0.25) is 0 Å². The number of para-hydroxylation sites is 3.